The summed E-state index contributed by atoms with van der Waals surface area (Å²) in [6.45, 7) is 4.76. The van der Waals surface area contributed by atoms with Gasteiger partial charge in [0, 0.05) is 25.2 Å². The van der Waals surface area contributed by atoms with Crippen molar-refractivity contribution in [3.63, 3.8) is 0 Å². The van der Waals surface area contributed by atoms with Crippen molar-refractivity contribution in [2.24, 2.45) is 4.99 Å². The summed E-state index contributed by atoms with van der Waals surface area (Å²) in [5, 5.41) is 8.24. The Morgan fingerprint density at radius 3 is 2.40 bits per heavy atom. The van der Waals surface area contributed by atoms with Gasteiger partial charge in [0.15, 0.2) is 5.96 Å². The number of rotatable bonds is 7. The number of benzene rings is 1. The summed E-state index contributed by atoms with van der Waals surface area (Å²) in [6, 6.07) is 6.98. The first-order chi connectivity index (χ1) is 11.4. The van der Waals surface area contributed by atoms with Gasteiger partial charge in [-0.05, 0) is 31.5 Å². The number of alkyl halides is 3. The van der Waals surface area contributed by atoms with Gasteiger partial charge in [0.1, 0.15) is 0 Å². The predicted molar refractivity (Wildman–Crippen MR) is 103 cm³/mol. The highest BCUT2D eigenvalue weighted by atomic mass is 127. The number of nitrogens with zero attached hydrogens (tertiary/aromatic N) is 1. The van der Waals surface area contributed by atoms with Gasteiger partial charge in [0.05, 0.1) is 13.0 Å². The fraction of sp³-hybridized carbons (Fsp3) is 0.500. The Hall–Kier alpha value is -1.52. The third-order valence-electron chi connectivity index (χ3n) is 2.99. The molecule has 0 aromatic heterocycles. The van der Waals surface area contributed by atoms with Gasteiger partial charge < -0.3 is 16.0 Å². The van der Waals surface area contributed by atoms with Crippen molar-refractivity contribution in [2.75, 3.05) is 19.6 Å². The molecule has 0 saturated carbocycles. The van der Waals surface area contributed by atoms with Gasteiger partial charge in [0.25, 0.3) is 5.91 Å². The first-order valence-electron chi connectivity index (χ1n) is 7.81. The van der Waals surface area contributed by atoms with Crippen LogP contribution in [0.1, 0.15) is 36.2 Å². The Morgan fingerprint density at radius 1 is 1.12 bits per heavy atom. The number of carbonyl (C=O) groups excluding carboxylic acids is 1. The fourth-order valence-corrected chi connectivity index (χ4v) is 1.91. The molecule has 0 atom stereocenters. The lowest BCUT2D eigenvalue weighted by Crippen LogP contribution is -2.38. The highest BCUT2D eigenvalue weighted by Gasteiger charge is 2.26. The minimum Gasteiger partial charge on any atom is -0.357 e. The summed E-state index contributed by atoms with van der Waals surface area (Å²) in [5.41, 5.74) is 1.33. The minimum absolute atomic E-state index is 0. The van der Waals surface area contributed by atoms with E-state index in [1.807, 2.05) is 19.9 Å². The quantitative estimate of drug-likeness (QED) is 0.325. The molecular formula is C16H24F3IN4O. The molecular weight excluding hydrogens is 448 g/mol. The first kappa shape index (κ1) is 23.5. The molecule has 5 nitrogen and oxygen atoms in total. The molecule has 25 heavy (non-hydrogen) atoms. The van der Waals surface area contributed by atoms with Crippen LogP contribution in [0.15, 0.2) is 29.3 Å². The predicted octanol–water partition coefficient (Wildman–Crippen LogP) is 3.06. The van der Waals surface area contributed by atoms with Gasteiger partial charge in [0.2, 0.25) is 0 Å². The lowest BCUT2D eigenvalue weighted by atomic mass is 10.1. The monoisotopic (exact) mass is 472 g/mol. The van der Waals surface area contributed by atoms with Crippen molar-refractivity contribution < 1.29 is 18.0 Å². The number of hydrogen-bond donors (Lipinski definition) is 3. The van der Waals surface area contributed by atoms with E-state index >= 15 is 0 Å². The summed E-state index contributed by atoms with van der Waals surface area (Å²) in [6.07, 6.45) is -5.13. The maximum Gasteiger partial charge on any atom is 0.390 e. The molecule has 0 radical (unpaired) electrons. The Balaban J connectivity index is 0.00000576. The van der Waals surface area contributed by atoms with Crippen LogP contribution in [0, 0.1) is 0 Å². The van der Waals surface area contributed by atoms with Crippen molar-refractivity contribution in [3.05, 3.63) is 35.4 Å². The highest BCUT2D eigenvalue weighted by molar-refractivity contribution is 14.0. The maximum absolute atomic E-state index is 12.2. The van der Waals surface area contributed by atoms with Crippen LogP contribution in [0.4, 0.5) is 13.2 Å². The van der Waals surface area contributed by atoms with E-state index in [1.54, 1.807) is 18.2 Å². The highest BCUT2D eigenvalue weighted by Crippen LogP contribution is 2.18. The van der Waals surface area contributed by atoms with Crippen LogP contribution in [-0.2, 0) is 6.54 Å². The van der Waals surface area contributed by atoms with Crippen LogP contribution >= 0.6 is 24.0 Å². The van der Waals surface area contributed by atoms with E-state index in [9.17, 15) is 18.0 Å². The molecule has 0 spiro atoms. The second-order valence-electron chi connectivity index (χ2n) is 5.05. The van der Waals surface area contributed by atoms with Crippen molar-refractivity contribution in [2.45, 2.75) is 33.0 Å². The third kappa shape index (κ3) is 10.1. The number of hydrogen-bond acceptors (Lipinski definition) is 2. The van der Waals surface area contributed by atoms with Crippen molar-refractivity contribution in [3.8, 4) is 0 Å². The zero-order valence-electron chi connectivity index (χ0n) is 14.2. The zero-order valence-corrected chi connectivity index (χ0v) is 16.6. The topological polar surface area (TPSA) is 65.5 Å². The molecule has 3 N–H and O–H groups in total. The molecule has 0 fully saturated rings. The van der Waals surface area contributed by atoms with E-state index in [0.29, 0.717) is 24.6 Å². The molecule has 0 heterocycles. The Labute approximate surface area is 162 Å². The molecule has 0 aliphatic carbocycles. The molecule has 1 rings (SSSR count). The van der Waals surface area contributed by atoms with Gasteiger partial charge in [-0.1, -0.05) is 12.1 Å². The van der Waals surface area contributed by atoms with Gasteiger partial charge in [-0.25, -0.2) is 4.99 Å². The molecule has 0 aliphatic heterocycles. The molecule has 1 amide bonds. The van der Waals surface area contributed by atoms with Crippen LogP contribution in [0.25, 0.3) is 0 Å². The Morgan fingerprint density at radius 2 is 1.80 bits per heavy atom. The third-order valence-corrected chi connectivity index (χ3v) is 2.99. The van der Waals surface area contributed by atoms with Crippen LogP contribution in [0.2, 0.25) is 0 Å². The lowest BCUT2D eigenvalue weighted by molar-refractivity contribution is -0.132. The Kier molecular flexibility index (Phi) is 11.2. The lowest BCUT2D eigenvalue weighted by Gasteiger charge is -2.12. The fourth-order valence-electron chi connectivity index (χ4n) is 1.91. The molecule has 1 aromatic carbocycles. The summed E-state index contributed by atoms with van der Waals surface area (Å²) in [4.78, 5) is 16.0. The molecule has 9 heteroatoms. The average Bonchev–Trinajstić information content (AvgIpc) is 2.52. The van der Waals surface area contributed by atoms with E-state index in [2.05, 4.69) is 20.9 Å². The van der Waals surface area contributed by atoms with Crippen molar-refractivity contribution in [1.29, 1.82) is 0 Å². The minimum atomic E-state index is -4.20. The summed E-state index contributed by atoms with van der Waals surface area (Å²) < 4.78 is 36.6. The van der Waals surface area contributed by atoms with Crippen LogP contribution < -0.4 is 16.0 Å². The van der Waals surface area contributed by atoms with Crippen LogP contribution in [0.3, 0.4) is 0 Å². The second-order valence-corrected chi connectivity index (χ2v) is 5.05. The summed E-state index contributed by atoms with van der Waals surface area (Å²) in [7, 11) is 0. The van der Waals surface area contributed by atoms with Gasteiger partial charge in [-0.3, -0.25) is 4.79 Å². The van der Waals surface area contributed by atoms with Crippen molar-refractivity contribution >= 4 is 35.8 Å². The number of amides is 1. The Bertz CT molecular complexity index is 565. The van der Waals surface area contributed by atoms with Gasteiger partial charge in [-0.15, -0.1) is 24.0 Å². The van der Waals surface area contributed by atoms with E-state index in [4.69, 9.17) is 0 Å². The van der Waals surface area contributed by atoms with Crippen molar-refractivity contribution in [1.82, 2.24) is 16.0 Å². The number of carbonyl (C=O) groups is 1. The normalized spacial score (nSPS) is 11.5. The SMILES string of the molecule is CCNC(=O)c1cccc(CN=C(NCC)NCCC(F)(F)F)c1.I. The first-order valence-corrected chi connectivity index (χ1v) is 7.81. The van der Waals surface area contributed by atoms with E-state index in [0.717, 1.165) is 5.56 Å². The van der Waals surface area contributed by atoms with Gasteiger partial charge >= 0.3 is 6.18 Å². The number of aliphatic imine (C=N–C) groups is 1. The van der Waals surface area contributed by atoms with Gasteiger partial charge in [-0.2, -0.15) is 13.2 Å². The molecule has 142 valence electrons. The summed E-state index contributed by atoms with van der Waals surface area (Å²) in [5.74, 6) is 0.142. The second kappa shape index (κ2) is 11.9. The van der Waals surface area contributed by atoms with Crippen LogP contribution in [0.5, 0.6) is 0 Å². The number of guanidine groups is 1. The maximum atomic E-state index is 12.2. The molecule has 1 aromatic rings. The van der Waals surface area contributed by atoms with E-state index in [1.165, 1.54) is 0 Å². The smallest absolute Gasteiger partial charge is 0.357 e. The van der Waals surface area contributed by atoms with E-state index in [-0.39, 0.29) is 43.0 Å². The number of nitrogens with one attached hydrogen (secondary N) is 3. The standard InChI is InChI=1S/C16H23F3N4O.HI/c1-3-20-14(24)13-7-5-6-12(10-13)11-23-15(21-4-2)22-9-8-16(17,18)19;/h5-7,10H,3-4,8-9,11H2,1-2H3,(H,20,24)(H2,21,22,23);1H. The molecule has 0 saturated heterocycles. The number of halogens is 4. The zero-order chi connectivity index (χ0) is 18.0. The largest absolute Gasteiger partial charge is 0.390 e. The van der Waals surface area contributed by atoms with E-state index < -0.39 is 12.6 Å². The average molecular weight is 472 g/mol. The van der Waals surface area contributed by atoms with Crippen LogP contribution in [-0.4, -0.2) is 37.7 Å². The molecule has 0 aliphatic rings. The molecule has 0 bridgehead atoms. The molecule has 0 unspecified atom stereocenters. The summed E-state index contributed by atoms with van der Waals surface area (Å²) >= 11 is 0.